The second-order valence-corrected chi connectivity index (χ2v) is 5.68. The predicted octanol–water partition coefficient (Wildman–Crippen LogP) is 1.59. The molecule has 2 heterocycles. The fourth-order valence-corrected chi connectivity index (χ4v) is 2.84. The Kier molecular flexibility index (Phi) is 3.74. The highest BCUT2D eigenvalue weighted by Crippen LogP contribution is 2.13. The van der Waals surface area contributed by atoms with E-state index in [2.05, 4.69) is 20.5 Å². The summed E-state index contributed by atoms with van der Waals surface area (Å²) >= 11 is 0. The van der Waals surface area contributed by atoms with E-state index in [0.717, 1.165) is 16.4 Å². The Balaban J connectivity index is 1.51. The Hall–Kier alpha value is -3.48. The number of H-pyrrole nitrogens is 1. The monoisotopic (exact) mass is 333 g/mol. The van der Waals surface area contributed by atoms with Gasteiger partial charge in [-0.2, -0.15) is 5.10 Å². The standard InChI is InChI=1S/C18H15N5O2/c24-17(10-23-11-20-14-7-3-4-8-16(14)23)19-9-15-12-5-1-2-6-13(12)18(25)22-21-15/h1-8,11H,9-10H2,(H,19,24)(H,22,25). The lowest BCUT2D eigenvalue weighted by Gasteiger charge is -2.08. The zero-order chi connectivity index (χ0) is 17.2. The van der Waals surface area contributed by atoms with Crippen molar-refractivity contribution in [3.63, 3.8) is 0 Å². The first-order chi connectivity index (χ1) is 12.2. The highest BCUT2D eigenvalue weighted by molar-refractivity contribution is 5.84. The van der Waals surface area contributed by atoms with E-state index in [9.17, 15) is 9.59 Å². The minimum absolute atomic E-state index is 0.153. The maximum atomic E-state index is 12.3. The van der Waals surface area contributed by atoms with Crippen molar-refractivity contribution in [3.8, 4) is 0 Å². The van der Waals surface area contributed by atoms with E-state index in [-0.39, 0.29) is 24.6 Å². The van der Waals surface area contributed by atoms with E-state index in [1.165, 1.54) is 0 Å². The van der Waals surface area contributed by atoms with Crippen LogP contribution in [0, 0.1) is 0 Å². The van der Waals surface area contributed by atoms with Crippen molar-refractivity contribution in [1.82, 2.24) is 25.1 Å². The van der Waals surface area contributed by atoms with Crippen LogP contribution in [0.15, 0.2) is 59.7 Å². The molecule has 25 heavy (non-hydrogen) atoms. The van der Waals surface area contributed by atoms with Crippen LogP contribution in [0.5, 0.6) is 0 Å². The number of aromatic amines is 1. The Bertz CT molecular complexity index is 1130. The minimum Gasteiger partial charge on any atom is -0.349 e. The first-order valence-corrected chi connectivity index (χ1v) is 7.85. The molecule has 0 saturated carbocycles. The molecule has 0 aliphatic carbocycles. The largest absolute Gasteiger partial charge is 0.349 e. The minimum atomic E-state index is -0.240. The van der Waals surface area contributed by atoms with Crippen molar-refractivity contribution >= 4 is 27.7 Å². The smallest absolute Gasteiger partial charge is 0.272 e. The lowest BCUT2D eigenvalue weighted by Crippen LogP contribution is -2.28. The van der Waals surface area contributed by atoms with Crippen LogP contribution < -0.4 is 10.9 Å². The summed E-state index contributed by atoms with van der Waals surface area (Å²) in [6, 6.07) is 14.8. The molecule has 2 N–H and O–H groups in total. The zero-order valence-corrected chi connectivity index (χ0v) is 13.3. The molecule has 0 spiro atoms. The van der Waals surface area contributed by atoms with E-state index in [4.69, 9.17) is 0 Å². The van der Waals surface area contributed by atoms with Gasteiger partial charge < -0.3 is 9.88 Å². The first kappa shape index (κ1) is 15.1. The fraction of sp³-hybridized carbons (Fsp3) is 0.111. The summed E-state index contributed by atoms with van der Waals surface area (Å²) in [5.74, 6) is -0.153. The number of fused-ring (bicyclic) bond motifs is 2. The van der Waals surface area contributed by atoms with Gasteiger partial charge in [0.15, 0.2) is 0 Å². The number of carbonyl (C=O) groups excluding carboxylic acids is 1. The second kappa shape index (κ2) is 6.20. The highest BCUT2D eigenvalue weighted by atomic mass is 16.2. The van der Waals surface area contributed by atoms with Crippen molar-refractivity contribution in [3.05, 3.63) is 70.9 Å². The molecule has 7 heteroatoms. The Morgan fingerprint density at radius 2 is 1.84 bits per heavy atom. The summed E-state index contributed by atoms with van der Waals surface area (Å²) in [5.41, 5.74) is 2.14. The van der Waals surface area contributed by atoms with E-state index in [1.807, 2.05) is 36.4 Å². The van der Waals surface area contributed by atoms with Crippen LogP contribution in [0.25, 0.3) is 21.8 Å². The van der Waals surface area contributed by atoms with Crippen LogP contribution in [-0.4, -0.2) is 25.7 Å². The summed E-state index contributed by atoms with van der Waals surface area (Å²) in [7, 11) is 0. The number of hydrogen-bond donors (Lipinski definition) is 2. The van der Waals surface area contributed by atoms with Crippen molar-refractivity contribution in [2.75, 3.05) is 0 Å². The number of nitrogens with one attached hydrogen (secondary N) is 2. The van der Waals surface area contributed by atoms with Crippen LogP contribution in [0.1, 0.15) is 5.69 Å². The topological polar surface area (TPSA) is 92.7 Å². The van der Waals surface area contributed by atoms with Gasteiger partial charge in [-0.05, 0) is 18.2 Å². The predicted molar refractivity (Wildman–Crippen MR) is 93.9 cm³/mol. The van der Waals surface area contributed by atoms with E-state index in [0.29, 0.717) is 11.1 Å². The maximum absolute atomic E-state index is 12.3. The second-order valence-electron chi connectivity index (χ2n) is 5.68. The molecule has 4 rings (SSSR count). The normalized spacial score (nSPS) is 11.0. The van der Waals surface area contributed by atoms with E-state index >= 15 is 0 Å². The molecule has 0 bridgehead atoms. The van der Waals surface area contributed by atoms with Crippen LogP contribution in [0.2, 0.25) is 0 Å². The van der Waals surface area contributed by atoms with Crippen molar-refractivity contribution in [2.24, 2.45) is 0 Å². The molecule has 0 atom stereocenters. The number of hydrogen-bond acceptors (Lipinski definition) is 4. The zero-order valence-electron chi connectivity index (χ0n) is 13.3. The van der Waals surface area contributed by atoms with Gasteiger partial charge in [0.05, 0.1) is 35.0 Å². The molecule has 7 nitrogen and oxygen atoms in total. The molecule has 0 aliphatic rings. The fourth-order valence-electron chi connectivity index (χ4n) is 2.84. The molecule has 0 saturated heterocycles. The molecular weight excluding hydrogens is 318 g/mol. The third-order valence-corrected chi connectivity index (χ3v) is 4.07. The molecule has 0 unspecified atom stereocenters. The number of imidazole rings is 1. The van der Waals surface area contributed by atoms with Crippen LogP contribution in [-0.2, 0) is 17.9 Å². The molecular formula is C18H15N5O2. The van der Waals surface area contributed by atoms with E-state index < -0.39 is 0 Å². The summed E-state index contributed by atoms with van der Waals surface area (Å²) < 4.78 is 1.79. The average molecular weight is 333 g/mol. The van der Waals surface area contributed by atoms with Gasteiger partial charge in [-0.3, -0.25) is 9.59 Å². The molecule has 0 fully saturated rings. The van der Waals surface area contributed by atoms with Gasteiger partial charge in [0, 0.05) is 5.39 Å². The Morgan fingerprint density at radius 3 is 2.72 bits per heavy atom. The van der Waals surface area contributed by atoms with Gasteiger partial charge in [0.25, 0.3) is 5.56 Å². The van der Waals surface area contributed by atoms with Crippen molar-refractivity contribution < 1.29 is 4.79 Å². The summed E-state index contributed by atoms with van der Waals surface area (Å²) in [5, 5.41) is 10.7. The summed E-state index contributed by atoms with van der Waals surface area (Å²) in [6.07, 6.45) is 1.65. The van der Waals surface area contributed by atoms with Gasteiger partial charge in [-0.1, -0.05) is 30.3 Å². The van der Waals surface area contributed by atoms with Crippen LogP contribution >= 0.6 is 0 Å². The molecule has 4 aromatic rings. The van der Waals surface area contributed by atoms with Crippen LogP contribution in [0.4, 0.5) is 0 Å². The summed E-state index contributed by atoms with van der Waals surface area (Å²) in [4.78, 5) is 28.3. The molecule has 1 amide bonds. The SMILES string of the molecule is O=C(Cn1cnc2ccccc21)NCc1n[nH]c(=O)c2ccccc12. The van der Waals surface area contributed by atoms with Gasteiger partial charge in [-0.15, -0.1) is 0 Å². The molecule has 2 aromatic heterocycles. The number of rotatable bonds is 4. The number of para-hydroxylation sites is 2. The highest BCUT2D eigenvalue weighted by Gasteiger charge is 2.09. The lowest BCUT2D eigenvalue weighted by atomic mass is 10.1. The Morgan fingerprint density at radius 1 is 1.08 bits per heavy atom. The third kappa shape index (κ3) is 2.87. The number of carbonyl (C=O) groups is 1. The van der Waals surface area contributed by atoms with E-state index in [1.54, 1.807) is 23.0 Å². The lowest BCUT2D eigenvalue weighted by molar-refractivity contribution is -0.121. The number of amides is 1. The first-order valence-electron chi connectivity index (χ1n) is 7.85. The Labute approximate surface area is 142 Å². The third-order valence-electron chi connectivity index (χ3n) is 4.07. The number of nitrogens with zero attached hydrogens (tertiary/aromatic N) is 3. The number of benzene rings is 2. The van der Waals surface area contributed by atoms with Crippen molar-refractivity contribution in [1.29, 1.82) is 0 Å². The maximum Gasteiger partial charge on any atom is 0.272 e. The van der Waals surface area contributed by atoms with Crippen LogP contribution in [0.3, 0.4) is 0 Å². The number of aromatic nitrogens is 4. The quantitative estimate of drug-likeness (QED) is 0.593. The van der Waals surface area contributed by atoms with Gasteiger partial charge in [0.1, 0.15) is 6.54 Å². The van der Waals surface area contributed by atoms with Gasteiger partial charge >= 0.3 is 0 Å². The average Bonchev–Trinajstić information content (AvgIpc) is 3.04. The molecule has 0 radical (unpaired) electrons. The molecule has 0 aliphatic heterocycles. The van der Waals surface area contributed by atoms with Gasteiger partial charge in [0.2, 0.25) is 5.91 Å². The van der Waals surface area contributed by atoms with Gasteiger partial charge in [-0.25, -0.2) is 10.1 Å². The van der Waals surface area contributed by atoms with Crippen molar-refractivity contribution in [2.45, 2.75) is 13.1 Å². The molecule has 124 valence electrons. The molecule has 2 aromatic carbocycles. The summed E-state index contributed by atoms with van der Waals surface area (Å²) in [6.45, 7) is 0.407.